The fourth-order valence-electron chi connectivity index (χ4n) is 6.40. The van der Waals surface area contributed by atoms with E-state index in [-0.39, 0.29) is 0 Å². The van der Waals surface area contributed by atoms with Crippen LogP contribution in [0.25, 0.3) is 77.8 Å². The molecule has 0 amide bonds. The summed E-state index contributed by atoms with van der Waals surface area (Å²) in [5, 5.41) is 4.83. The SMILES string of the molecule is c1ccc2c(c1)c1ccccc1n2-c1ccc2c(c1)c1ccccc1n2-c1cc(-c2ccncc2)nc(-c2ccncc2)n1. The highest BCUT2D eigenvalue weighted by Gasteiger charge is 2.18. The number of hydrogen-bond donors (Lipinski definition) is 0. The second-order valence-electron chi connectivity index (χ2n) is 10.8. The summed E-state index contributed by atoms with van der Waals surface area (Å²) in [7, 11) is 0. The van der Waals surface area contributed by atoms with Gasteiger partial charge in [-0.05, 0) is 60.7 Å². The Bertz CT molecular complexity index is 2380. The molecule has 6 nitrogen and oxygen atoms in total. The molecule has 0 saturated heterocycles. The summed E-state index contributed by atoms with van der Waals surface area (Å²) >= 11 is 0. The van der Waals surface area contributed by atoms with E-state index in [0.29, 0.717) is 5.82 Å². The van der Waals surface area contributed by atoms with Crippen molar-refractivity contribution in [1.29, 1.82) is 0 Å². The van der Waals surface area contributed by atoms with Gasteiger partial charge in [-0.3, -0.25) is 14.5 Å². The molecule has 0 aliphatic carbocycles. The summed E-state index contributed by atoms with van der Waals surface area (Å²) in [4.78, 5) is 18.5. The van der Waals surface area contributed by atoms with Crippen molar-refractivity contribution >= 4 is 43.6 Å². The Morgan fingerprint density at radius 1 is 0.409 bits per heavy atom. The van der Waals surface area contributed by atoms with Crippen molar-refractivity contribution in [2.45, 2.75) is 0 Å². The highest BCUT2D eigenvalue weighted by molar-refractivity contribution is 6.12. The van der Waals surface area contributed by atoms with Crippen molar-refractivity contribution in [2.24, 2.45) is 0 Å². The van der Waals surface area contributed by atoms with E-state index in [4.69, 9.17) is 9.97 Å². The molecule has 0 fully saturated rings. The number of benzene rings is 4. The normalized spacial score (nSPS) is 11.6. The maximum Gasteiger partial charge on any atom is 0.162 e. The van der Waals surface area contributed by atoms with Crippen molar-refractivity contribution in [1.82, 2.24) is 29.1 Å². The van der Waals surface area contributed by atoms with Gasteiger partial charge in [0.2, 0.25) is 0 Å². The molecule has 0 saturated carbocycles. The van der Waals surface area contributed by atoms with Crippen LogP contribution in [-0.2, 0) is 0 Å². The first-order chi connectivity index (χ1) is 21.8. The van der Waals surface area contributed by atoms with E-state index in [1.165, 1.54) is 27.2 Å². The third kappa shape index (κ3) is 3.75. The van der Waals surface area contributed by atoms with E-state index >= 15 is 0 Å². The van der Waals surface area contributed by atoms with Crippen molar-refractivity contribution < 1.29 is 0 Å². The van der Waals surface area contributed by atoms with Gasteiger partial charge in [-0.25, -0.2) is 9.97 Å². The Balaban J connectivity index is 1.32. The lowest BCUT2D eigenvalue weighted by Gasteiger charge is -2.12. The molecule has 5 aromatic heterocycles. The van der Waals surface area contributed by atoms with Crippen LogP contribution in [-0.4, -0.2) is 29.1 Å². The van der Waals surface area contributed by atoms with Gasteiger partial charge in [0.15, 0.2) is 5.82 Å². The molecule has 0 spiro atoms. The quantitative estimate of drug-likeness (QED) is 0.214. The zero-order valence-electron chi connectivity index (χ0n) is 23.5. The molecule has 0 N–H and O–H groups in total. The standard InChI is InChI=1S/C38H24N6/c1-4-10-33-28(7-1)29-8-2-5-11-34(29)43(33)27-13-14-36-31(23-27)30-9-3-6-12-35(30)44(36)37-24-32(25-15-19-39-20-16-25)41-38(42-37)26-17-21-40-22-18-26/h1-24H. The summed E-state index contributed by atoms with van der Waals surface area (Å²) in [6.07, 6.45) is 7.13. The highest BCUT2D eigenvalue weighted by atomic mass is 15.1. The molecule has 6 heteroatoms. The molecule has 0 unspecified atom stereocenters. The van der Waals surface area contributed by atoms with E-state index in [9.17, 15) is 0 Å². The summed E-state index contributed by atoms with van der Waals surface area (Å²) in [5.41, 5.74) is 8.39. The zero-order valence-corrected chi connectivity index (χ0v) is 23.5. The van der Waals surface area contributed by atoms with Gasteiger partial charge in [-0.1, -0.05) is 54.6 Å². The Morgan fingerprint density at radius 2 is 0.932 bits per heavy atom. The third-order valence-electron chi connectivity index (χ3n) is 8.35. The average Bonchev–Trinajstić information content (AvgIpc) is 3.61. The minimum Gasteiger partial charge on any atom is -0.309 e. The minimum atomic E-state index is 0.643. The van der Waals surface area contributed by atoms with Gasteiger partial charge in [-0.2, -0.15) is 0 Å². The molecule has 0 radical (unpaired) electrons. The molecule has 0 bridgehead atoms. The van der Waals surface area contributed by atoms with Crippen molar-refractivity contribution in [3.8, 4) is 34.2 Å². The molecule has 4 aromatic carbocycles. The number of fused-ring (bicyclic) bond motifs is 6. The monoisotopic (exact) mass is 564 g/mol. The maximum absolute atomic E-state index is 5.13. The van der Waals surface area contributed by atoms with Crippen LogP contribution in [0.3, 0.4) is 0 Å². The van der Waals surface area contributed by atoms with Crippen LogP contribution in [0.5, 0.6) is 0 Å². The highest BCUT2D eigenvalue weighted by Crippen LogP contribution is 2.37. The minimum absolute atomic E-state index is 0.643. The van der Waals surface area contributed by atoms with Gasteiger partial charge in [0.05, 0.1) is 27.8 Å². The van der Waals surface area contributed by atoms with E-state index in [1.54, 1.807) is 24.8 Å². The van der Waals surface area contributed by atoms with E-state index in [0.717, 1.165) is 44.7 Å². The summed E-state index contributed by atoms with van der Waals surface area (Å²) in [6.45, 7) is 0. The van der Waals surface area contributed by atoms with Crippen LogP contribution >= 0.6 is 0 Å². The number of hydrogen-bond acceptors (Lipinski definition) is 4. The second-order valence-corrected chi connectivity index (χ2v) is 10.8. The van der Waals surface area contributed by atoms with Gasteiger partial charge in [0, 0.05) is 69.2 Å². The van der Waals surface area contributed by atoms with E-state index in [1.807, 2.05) is 24.3 Å². The predicted molar refractivity (Wildman–Crippen MR) is 177 cm³/mol. The molecular formula is C38H24N6. The number of rotatable bonds is 4. The Labute approximate surface area is 252 Å². The molecular weight excluding hydrogens is 540 g/mol. The summed E-state index contributed by atoms with van der Waals surface area (Å²) in [5.74, 6) is 1.44. The fourth-order valence-corrected chi connectivity index (χ4v) is 6.40. The van der Waals surface area contributed by atoms with Gasteiger partial charge in [0.1, 0.15) is 5.82 Å². The maximum atomic E-state index is 5.13. The molecule has 0 aliphatic heterocycles. The van der Waals surface area contributed by atoms with Crippen molar-refractivity contribution in [3.05, 3.63) is 146 Å². The fraction of sp³-hybridized carbons (Fsp3) is 0. The predicted octanol–water partition coefficient (Wildman–Crippen LogP) is 8.79. The average molecular weight is 565 g/mol. The van der Waals surface area contributed by atoms with Crippen molar-refractivity contribution in [3.63, 3.8) is 0 Å². The molecule has 9 aromatic rings. The molecule has 44 heavy (non-hydrogen) atoms. The van der Waals surface area contributed by atoms with Crippen LogP contribution in [0.2, 0.25) is 0 Å². The van der Waals surface area contributed by atoms with Crippen LogP contribution in [0.15, 0.2) is 146 Å². The van der Waals surface area contributed by atoms with Crippen LogP contribution in [0, 0.1) is 0 Å². The van der Waals surface area contributed by atoms with Crippen LogP contribution in [0.4, 0.5) is 0 Å². The molecule has 5 heterocycles. The smallest absolute Gasteiger partial charge is 0.162 e. The lowest BCUT2D eigenvalue weighted by atomic mass is 10.1. The van der Waals surface area contributed by atoms with Gasteiger partial charge >= 0.3 is 0 Å². The first-order valence-electron chi connectivity index (χ1n) is 14.6. The lowest BCUT2D eigenvalue weighted by molar-refractivity contribution is 1.04. The summed E-state index contributed by atoms with van der Waals surface area (Å²) in [6, 6.07) is 42.4. The van der Waals surface area contributed by atoms with E-state index < -0.39 is 0 Å². The first-order valence-corrected chi connectivity index (χ1v) is 14.6. The third-order valence-corrected chi connectivity index (χ3v) is 8.35. The molecule has 0 aliphatic rings. The number of pyridine rings is 2. The second kappa shape index (κ2) is 9.71. The van der Waals surface area contributed by atoms with Crippen molar-refractivity contribution in [2.75, 3.05) is 0 Å². The number of para-hydroxylation sites is 3. The summed E-state index contributed by atoms with van der Waals surface area (Å²) < 4.78 is 4.61. The molecule has 9 rings (SSSR count). The topological polar surface area (TPSA) is 61.4 Å². The number of aromatic nitrogens is 6. The molecule has 206 valence electrons. The molecule has 0 atom stereocenters. The van der Waals surface area contributed by atoms with Crippen LogP contribution in [0.1, 0.15) is 0 Å². The van der Waals surface area contributed by atoms with Gasteiger partial charge in [0.25, 0.3) is 0 Å². The van der Waals surface area contributed by atoms with Gasteiger partial charge in [-0.15, -0.1) is 0 Å². The Hall–Kier alpha value is -6.14. The zero-order chi connectivity index (χ0) is 29.0. The van der Waals surface area contributed by atoms with Gasteiger partial charge < -0.3 is 4.57 Å². The van der Waals surface area contributed by atoms with E-state index in [2.05, 4.69) is 116 Å². The Kier molecular flexibility index (Phi) is 5.40. The Morgan fingerprint density at radius 3 is 1.57 bits per heavy atom. The number of nitrogens with zero attached hydrogens (tertiary/aromatic N) is 6. The largest absolute Gasteiger partial charge is 0.309 e. The first kappa shape index (κ1) is 24.5. The lowest BCUT2D eigenvalue weighted by Crippen LogP contribution is -2.02. The van der Waals surface area contributed by atoms with Crippen LogP contribution < -0.4 is 0 Å².